The minimum Gasteiger partial charge on any atom is -0.502 e. The van der Waals surface area contributed by atoms with Crippen LogP contribution in [0, 0.1) is 10.1 Å². The largest absolute Gasteiger partial charge is 0.502 e. The highest BCUT2D eigenvalue weighted by Gasteiger charge is 2.26. The van der Waals surface area contributed by atoms with Crippen LogP contribution in [0.4, 0.5) is 5.69 Å². The molecule has 0 saturated heterocycles. The zero-order valence-corrected chi connectivity index (χ0v) is 9.96. The van der Waals surface area contributed by atoms with E-state index in [0.29, 0.717) is 0 Å². The molecule has 9 heteroatoms. The van der Waals surface area contributed by atoms with Crippen LogP contribution in [-0.2, 0) is 4.79 Å². The van der Waals surface area contributed by atoms with Gasteiger partial charge in [-0.3, -0.25) is 19.7 Å². The Labute approximate surface area is 111 Å². The fraction of sp³-hybridized carbons (Fsp3) is 0.273. The Hall–Kier alpha value is -2.52. The van der Waals surface area contributed by atoms with Crippen molar-refractivity contribution < 1.29 is 34.9 Å². The van der Waals surface area contributed by atoms with E-state index in [9.17, 15) is 35.0 Å². The molecule has 0 aliphatic heterocycles. The number of carbonyl (C=O) groups is 2. The Morgan fingerprint density at radius 2 is 2.00 bits per heavy atom. The van der Waals surface area contributed by atoms with Gasteiger partial charge in [-0.2, -0.15) is 0 Å². The quantitative estimate of drug-likeness (QED) is 0.322. The predicted molar refractivity (Wildman–Crippen MR) is 63.4 cm³/mol. The first-order chi connectivity index (χ1) is 9.27. The van der Waals surface area contributed by atoms with Crippen molar-refractivity contribution in [1.82, 2.24) is 0 Å². The Bertz CT molecular complexity index is 556. The third-order valence-electron chi connectivity index (χ3n) is 2.56. The van der Waals surface area contributed by atoms with E-state index in [1.807, 2.05) is 0 Å². The van der Waals surface area contributed by atoms with Gasteiger partial charge in [0.25, 0.3) is 0 Å². The van der Waals surface area contributed by atoms with Crippen LogP contribution in [0.5, 0.6) is 5.75 Å². The third kappa shape index (κ3) is 3.28. The van der Waals surface area contributed by atoms with E-state index in [-0.39, 0.29) is 11.8 Å². The summed E-state index contributed by atoms with van der Waals surface area (Å²) in [6.45, 7) is 0. The maximum Gasteiger partial charge on any atom is 0.311 e. The van der Waals surface area contributed by atoms with Crippen molar-refractivity contribution in [2.45, 2.75) is 18.6 Å². The van der Waals surface area contributed by atoms with Crippen LogP contribution in [0.2, 0.25) is 0 Å². The first-order valence-electron chi connectivity index (χ1n) is 5.32. The van der Waals surface area contributed by atoms with Crippen LogP contribution < -0.4 is 0 Å². The Morgan fingerprint density at radius 3 is 2.45 bits per heavy atom. The van der Waals surface area contributed by atoms with Gasteiger partial charge < -0.3 is 20.4 Å². The van der Waals surface area contributed by atoms with E-state index in [0.717, 1.165) is 12.1 Å². The maximum atomic E-state index is 10.7. The number of rotatable bonds is 6. The number of aliphatic hydroxyl groups is 2. The van der Waals surface area contributed by atoms with E-state index in [1.54, 1.807) is 0 Å². The number of phenolic OH excluding ortho intramolecular Hbond substituents is 1. The molecule has 0 radical (unpaired) electrons. The van der Waals surface area contributed by atoms with Gasteiger partial charge in [-0.25, -0.2) is 0 Å². The molecule has 9 nitrogen and oxygen atoms in total. The molecule has 0 bridgehead atoms. The number of aromatic hydroxyl groups is 1. The monoisotopic (exact) mass is 285 g/mol. The number of hydrogen-bond donors (Lipinski definition) is 4. The lowest BCUT2D eigenvalue weighted by atomic mass is 9.99. The molecule has 0 aliphatic carbocycles. The van der Waals surface area contributed by atoms with Gasteiger partial charge in [0, 0.05) is 6.07 Å². The van der Waals surface area contributed by atoms with Crippen LogP contribution in [0.25, 0.3) is 0 Å². The lowest BCUT2D eigenvalue weighted by Gasteiger charge is -2.17. The fourth-order valence-electron chi connectivity index (χ4n) is 1.58. The second kappa shape index (κ2) is 6.08. The van der Waals surface area contributed by atoms with Gasteiger partial charge in [0.1, 0.15) is 6.10 Å². The first-order valence-corrected chi connectivity index (χ1v) is 5.32. The molecule has 0 spiro atoms. The highest BCUT2D eigenvalue weighted by molar-refractivity contribution is 5.82. The number of phenols is 1. The van der Waals surface area contributed by atoms with Crippen molar-refractivity contribution in [2.24, 2.45) is 0 Å². The summed E-state index contributed by atoms with van der Waals surface area (Å²) in [4.78, 5) is 30.9. The lowest BCUT2D eigenvalue weighted by Crippen LogP contribution is -2.22. The molecule has 0 fully saturated rings. The van der Waals surface area contributed by atoms with Crippen molar-refractivity contribution >= 4 is 17.9 Å². The number of aldehydes is 1. The smallest absolute Gasteiger partial charge is 0.311 e. The number of aliphatic hydroxyl groups excluding tert-OH is 2. The lowest BCUT2D eigenvalue weighted by molar-refractivity contribution is -0.386. The van der Waals surface area contributed by atoms with Crippen molar-refractivity contribution in [3.05, 3.63) is 33.4 Å². The summed E-state index contributed by atoms with van der Waals surface area (Å²) in [6.07, 6.45) is -4.10. The van der Waals surface area contributed by atoms with E-state index >= 15 is 0 Å². The minimum absolute atomic E-state index is 0.141. The summed E-state index contributed by atoms with van der Waals surface area (Å²) < 4.78 is 0. The third-order valence-corrected chi connectivity index (χ3v) is 2.56. The molecule has 0 amide bonds. The average molecular weight is 285 g/mol. The van der Waals surface area contributed by atoms with Gasteiger partial charge in [-0.15, -0.1) is 0 Å². The summed E-state index contributed by atoms with van der Waals surface area (Å²) in [6, 6.07) is 1.70. The van der Waals surface area contributed by atoms with Crippen LogP contribution in [0.3, 0.4) is 0 Å². The number of benzene rings is 1. The molecule has 2 unspecified atom stereocenters. The van der Waals surface area contributed by atoms with Gasteiger partial charge >= 0.3 is 11.7 Å². The standard InChI is InChI=1S/C11H11NO8/c13-4-6-1-5(2-7(10(6)17)12(19)20)11(18)8(14)3-9(15)16/h1-2,4,8,11,14,17-18H,3H2,(H,15,16). The molecule has 1 aromatic carbocycles. The van der Waals surface area contributed by atoms with Crippen molar-refractivity contribution in [3.63, 3.8) is 0 Å². The van der Waals surface area contributed by atoms with Crippen molar-refractivity contribution in [2.75, 3.05) is 0 Å². The van der Waals surface area contributed by atoms with Gasteiger partial charge in [-0.1, -0.05) is 0 Å². The Balaban J connectivity index is 3.24. The summed E-state index contributed by atoms with van der Waals surface area (Å²) in [5.74, 6) is -2.24. The Kier molecular flexibility index (Phi) is 4.73. The molecule has 0 aliphatic rings. The predicted octanol–water partition coefficient (Wildman–Crippen LogP) is -0.0181. The highest BCUT2D eigenvalue weighted by Crippen LogP contribution is 2.33. The Morgan fingerprint density at radius 1 is 1.40 bits per heavy atom. The first kappa shape index (κ1) is 15.5. The molecule has 1 aromatic rings. The number of nitro groups is 1. The topological polar surface area (TPSA) is 158 Å². The SMILES string of the molecule is O=Cc1cc(C(O)C(O)CC(=O)O)cc([N+](=O)[O-])c1O. The van der Waals surface area contributed by atoms with Gasteiger partial charge in [0.2, 0.25) is 5.75 Å². The molecule has 0 aromatic heterocycles. The number of carboxylic acids is 1. The maximum absolute atomic E-state index is 10.7. The number of nitrogens with zero attached hydrogens (tertiary/aromatic N) is 1. The van der Waals surface area contributed by atoms with Crippen LogP contribution in [0.15, 0.2) is 12.1 Å². The van der Waals surface area contributed by atoms with Crippen LogP contribution >= 0.6 is 0 Å². The zero-order chi connectivity index (χ0) is 15.4. The second-order valence-electron chi connectivity index (χ2n) is 3.96. The minimum atomic E-state index is -1.75. The highest BCUT2D eigenvalue weighted by atomic mass is 16.6. The molecule has 2 atom stereocenters. The molecule has 108 valence electrons. The number of aliphatic carboxylic acids is 1. The number of carboxylic acid groups (broad SMARTS) is 1. The van der Waals surface area contributed by atoms with Crippen molar-refractivity contribution in [3.8, 4) is 5.75 Å². The molecule has 0 saturated carbocycles. The van der Waals surface area contributed by atoms with Gasteiger partial charge in [0.15, 0.2) is 6.29 Å². The van der Waals surface area contributed by atoms with Gasteiger partial charge in [-0.05, 0) is 11.6 Å². The summed E-state index contributed by atoms with van der Waals surface area (Å²) in [5, 5.41) is 47.8. The molecule has 0 heterocycles. The number of hydrogen-bond acceptors (Lipinski definition) is 7. The number of nitro benzene ring substituents is 1. The zero-order valence-electron chi connectivity index (χ0n) is 9.96. The van der Waals surface area contributed by atoms with E-state index < -0.39 is 46.5 Å². The molecule has 4 N–H and O–H groups in total. The van der Waals surface area contributed by atoms with E-state index in [2.05, 4.69) is 0 Å². The van der Waals surface area contributed by atoms with Crippen LogP contribution in [0.1, 0.15) is 28.4 Å². The summed E-state index contributed by atoms with van der Waals surface area (Å²) in [7, 11) is 0. The summed E-state index contributed by atoms with van der Waals surface area (Å²) >= 11 is 0. The van der Waals surface area contributed by atoms with Crippen LogP contribution in [-0.4, -0.2) is 43.7 Å². The normalized spacial score (nSPS) is 13.5. The molecule has 20 heavy (non-hydrogen) atoms. The van der Waals surface area contributed by atoms with E-state index in [4.69, 9.17) is 5.11 Å². The molecular weight excluding hydrogens is 274 g/mol. The van der Waals surface area contributed by atoms with Crippen molar-refractivity contribution in [1.29, 1.82) is 0 Å². The van der Waals surface area contributed by atoms with E-state index in [1.165, 1.54) is 0 Å². The number of carbonyl (C=O) groups excluding carboxylic acids is 1. The van der Waals surface area contributed by atoms with Gasteiger partial charge in [0.05, 0.1) is 23.0 Å². The molecular formula is C11H11NO8. The summed E-state index contributed by atoms with van der Waals surface area (Å²) in [5.41, 5.74) is -1.52. The average Bonchev–Trinajstić information content (AvgIpc) is 2.36. The molecule has 1 rings (SSSR count). The fourth-order valence-corrected chi connectivity index (χ4v) is 1.58. The second-order valence-corrected chi connectivity index (χ2v) is 3.96.